The third kappa shape index (κ3) is 2.56. The van der Waals surface area contributed by atoms with E-state index >= 15 is 0 Å². The van der Waals surface area contributed by atoms with Crippen LogP contribution >= 0.6 is 15.9 Å². The summed E-state index contributed by atoms with van der Waals surface area (Å²) in [5.41, 5.74) is 6.91. The van der Waals surface area contributed by atoms with Crippen LogP contribution in [-0.4, -0.2) is 5.91 Å². The van der Waals surface area contributed by atoms with Crippen LogP contribution in [0.5, 0.6) is 0 Å². The molecule has 0 atom stereocenters. The van der Waals surface area contributed by atoms with E-state index in [0.29, 0.717) is 5.56 Å². The molecule has 0 saturated heterocycles. The Hall–Kier alpha value is -0.830. The van der Waals surface area contributed by atoms with Gasteiger partial charge in [-0.2, -0.15) is 0 Å². The summed E-state index contributed by atoms with van der Waals surface area (Å²) in [4.78, 5) is 10.8. The zero-order valence-corrected chi connectivity index (χ0v) is 9.10. The molecule has 13 heavy (non-hydrogen) atoms. The number of hydrogen-bond acceptors (Lipinski definition) is 1. The standard InChI is InChI=1S/C10H12BrNO/c1-2-3-7-4-5-8(10(12)13)6-9(7)11/h4-6H,2-3H2,1H3,(H2,12,13). The largest absolute Gasteiger partial charge is 0.366 e. The van der Waals surface area contributed by atoms with Gasteiger partial charge in [0, 0.05) is 10.0 Å². The third-order valence-corrected chi connectivity index (χ3v) is 2.60. The van der Waals surface area contributed by atoms with Gasteiger partial charge < -0.3 is 5.73 Å². The minimum atomic E-state index is -0.385. The van der Waals surface area contributed by atoms with Crippen molar-refractivity contribution in [3.05, 3.63) is 33.8 Å². The van der Waals surface area contributed by atoms with E-state index in [1.807, 2.05) is 6.07 Å². The number of halogens is 1. The molecule has 0 heterocycles. The number of carbonyl (C=O) groups is 1. The molecule has 0 aliphatic heterocycles. The molecule has 0 saturated carbocycles. The molecular formula is C10H12BrNO. The first-order chi connectivity index (χ1) is 6.15. The molecule has 1 amide bonds. The molecule has 2 N–H and O–H groups in total. The fraction of sp³-hybridized carbons (Fsp3) is 0.300. The topological polar surface area (TPSA) is 43.1 Å². The highest BCUT2D eigenvalue weighted by Gasteiger charge is 2.03. The van der Waals surface area contributed by atoms with Crippen molar-refractivity contribution in [3.8, 4) is 0 Å². The van der Waals surface area contributed by atoms with Gasteiger partial charge in [-0.15, -0.1) is 0 Å². The van der Waals surface area contributed by atoms with E-state index in [0.717, 1.165) is 17.3 Å². The summed E-state index contributed by atoms with van der Waals surface area (Å²) >= 11 is 3.41. The molecule has 0 aromatic heterocycles. The summed E-state index contributed by atoms with van der Waals surface area (Å²) in [5.74, 6) is -0.385. The minimum Gasteiger partial charge on any atom is -0.366 e. The molecule has 0 fully saturated rings. The van der Waals surface area contributed by atoms with Crippen LogP contribution in [-0.2, 0) is 6.42 Å². The molecule has 0 aliphatic rings. The van der Waals surface area contributed by atoms with E-state index in [1.54, 1.807) is 12.1 Å². The van der Waals surface area contributed by atoms with Gasteiger partial charge in [0.25, 0.3) is 0 Å². The van der Waals surface area contributed by atoms with Gasteiger partial charge in [-0.05, 0) is 24.1 Å². The number of benzene rings is 1. The van der Waals surface area contributed by atoms with E-state index in [4.69, 9.17) is 5.73 Å². The van der Waals surface area contributed by atoms with Gasteiger partial charge in [0.1, 0.15) is 0 Å². The number of hydrogen-bond donors (Lipinski definition) is 1. The Bertz CT molecular complexity index is 323. The maximum absolute atomic E-state index is 10.8. The van der Waals surface area contributed by atoms with Crippen molar-refractivity contribution in [2.75, 3.05) is 0 Å². The number of rotatable bonds is 3. The van der Waals surface area contributed by atoms with Gasteiger partial charge >= 0.3 is 0 Å². The van der Waals surface area contributed by atoms with Crippen molar-refractivity contribution in [3.63, 3.8) is 0 Å². The van der Waals surface area contributed by atoms with Crippen molar-refractivity contribution >= 4 is 21.8 Å². The Morgan fingerprint density at radius 2 is 2.23 bits per heavy atom. The van der Waals surface area contributed by atoms with E-state index in [-0.39, 0.29) is 5.91 Å². The van der Waals surface area contributed by atoms with Crippen molar-refractivity contribution in [2.45, 2.75) is 19.8 Å². The van der Waals surface area contributed by atoms with Gasteiger partial charge in [0.05, 0.1) is 0 Å². The Morgan fingerprint density at radius 3 is 2.69 bits per heavy atom. The Morgan fingerprint density at radius 1 is 1.54 bits per heavy atom. The van der Waals surface area contributed by atoms with Gasteiger partial charge in [-0.3, -0.25) is 4.79 Å². The van der Waals surface area contributed by atoms with Crippen LogP contribution in [0.15, 0.2) is 22.7 Å². The van der Waals surface area contributed by atoms with Crippen LogP contribution in [0.1, 0.15) is 29.3 Å². The van der Waals surface area contributed by atoms with E-state index < -0.39 is 0 Å². The van der Waals surface area contributed by atoms with Crippen LogP contribution in [0.2, 0.25) is 0 Å². The lowest BCUT2D eigenvalue weighted by molar-refractivity contribution is 0.1000. The summed E-state index contributed by atoms with van der Waals surface area (Å²) in [6.45, 7) is 2.12. The predicted octanol–water partition coefficient (Wildman–Crippen LogP) is 2.50. The van der Waals surface area contributed by atoms with Gasteiger partial charge in [0.2, 0.25) is 5.91 Å². The summed E-state index contributed by atoms with van der Waals surface area (Å²) in [6, 6.07) is 5.47. The van der Waals surface area contributed by atoms with Crippen molar-refractivity contribution in [1.82, 2.24) is 0 Å². The number of carbonyl (C=O) groups excluding carboxylic acids is 1. The lowest BCUT2D eigenvalue weighted by Crippen LogP contribution is -2.10. The average Bonchev–Trinajstić information content (AvgIpc) is 2.08. The van der Waals surface area contributed by atoms with E-state index in [1.165, 1.54) is 5.56 Å². The molecule has 1 aromatic rings. The summed E-state index contributed by atoms with van der Waals surface area (Å²) in [6.07, 6.45) is 2.11. The summed E-state index contributed by atoms with van der Waals surface area (Å²) < 4.78 is 0.964. The van der Waals surface area contributed by atoms with Crippen molar-refractivity contribution < 1.29 is 4.79 Å². The number of amides is 1. The highest BCUT2D eigenvalue weighted by Crippen LogP contribution is 2.19. The molecule has 1 rings (SSSR count). The molecule has 2 nitrogen and oxygen atoms in total. The van der Waals surface area contributed by atoms with E-state index in [9.17, 15) is 4.79 Å². The highest BCUT2D eigenvalue weighted by molar-refractivity contribution is 9.10. The molecule has 0 aliphatic carbocycles. The quantitative estimate of drug-likeness (QED) is 0.869. The summed E-state index contributed by atoms with van der Waals surface area (Å²) in [5, 5.41) is 0. The van der Waals surface area contributed by atoms with Crippen molar-refractivity contribution in [1.29, 1.82) is 0 Å². The van der Waals surface area contributed by atoms with Crippen LogP contribution in [0.3, 0.4) is 0 Å². The second-order valence-corrected chi connectivity index (χ2v) is 3.77. The molecule has 0 bridgehead atoms. The number of nitrogens with two attached hydrogens (primary N) is 1. The maximum Gasteiger partial charge on any atom is 0.248 e. The monoisotopic (exact) mass is 241 g/mol. The highest BCUT2D eigenvalue weighted by atomic mass is 79.9. The maximum atomic E-state index is 10.8. The number of aryl methyl sites for hydroxylation is 1. The number of primary amides is 1. The zero-order chi connectivity index (χ0) is 9.84. The van der Waals surface area contributed by atoms with Gasteiger partial charge in [-0.1, -0.05) is 35.3 Å². The minimum absolute atomic E-state index is 0.385. The average molecular weight is 242 g/mol. The first kappa shape index (κ1) is 10.3. The molecule has 70 valence electrons. The second kappa shape index (κ2) is 4.42. The van der Waals surface area contributed by atoms with Crippen LogP contribution in [0, 0.1) is 0 Å². The van der Waals surface area contributed by atoms with Crippen LogP contribution in [0.4, 0.5) is 0 Å². The third-order valence-electron chi connectivity index (χ3n) is 1.86. The summed E-state index contributed by atoms with van der Waals surface area (Å²) in [7, 11) is 0. The fourth-order valence-electron chi connectivity index (χ4n) is 1.17. The zero-order valence-electron chi connectivity index (χ0n) is 7.51. The smallest absolute Gasteiger partial charge is 0.248 e. The molecular weight excluding hydrogens is 230 g/mol. The molecule has 1 aromatic carbocycles. The van der Waals surface area contributed by atoms with Gasteiger partial charge in [0.15, 0.2) is 0 Å². The lowest BCUT2D eigenvalue weighted by Gasteiger charge is -2.03. The first-order valence-corrected chi connectivity index (χ1v) is 5.02. The lowest BCUT2D eigenvalue weighted by atomic mass is 10.1. The molecule has 0 unspecified atom stereocenters. The van der Waals surface area contributed by atoms with E-state index in [2.05, 4.69) is 22.9 Å². The normalized spacial score (nSPS) is 10.0. The Balaban J connectivity index is 2.98. The fourth-order valence-corrected chi connectivity index (χ4v) is 1.75. The Labute approximate surface area is 86.3 Å². The van der Waals surface area contributed by atoms with Crippen LogP contribution < -0.4 is 5.73 Å². The Kier molecular flexibility index (Phi) is 3.48. The second-order valence-electron chi connectivity index (χ2n) is 2.92. The first-order valence-electron chi connectivity index (χ1n) is 4.23. The predicted molar refractivity (Wildman–Crippen MR) is 56.7 cm³/mol. The van der Waals surface area contributed by atoms with Crippen LogP contribution in [0.25, 0.3) is 0 Å². The SMILES string of the molecule is CCCc1ccc(C(N)=O)cc1Br. The molecule has 3 heteroatoms. The molecule has 0 spiro atoms. The van der Waals surface area contributed by atoms with Crippen molar-refractivity contribution in [2.24, 2.45) is 5.73 Å². The van der Waals surface area contributed by atoms with Gasteiger partial charge in [-0.25, -0.2) is 0 Å². The molecule has 0 radical (unpaired) electrons.